The van der Waals surface area contributed by atoms with Crippen molar-refractivity contribution >= 4 is 34.8 Å². The van der Waals surface area contributed by atoms with Gasteiger partial charge in [-0.3, -0.25) is 9.59 Å². The lowest BCUT2D eigenvalue weighted by Crippen LogP contribution is -2.39. The number of rotatable bonds is 2. The van der Waals surface area contributed by atoms with E-state index >= 15 is 0 Å². The molecule has 2 fully saturated rings. The Labute approximate surface area is 181 Å². The Balaban J connectivity index is 1.43. The fourth-order valence-corrected chi connectivity index (χ4v) is 4.90. The summed E-state index contributed by atoms with van der Waals surface area (Å²) in [7, 11) is 0. The zero-order valence-corrected chi connectivity index (χ0v) is 17.7. The fraction of sp³-hybridized carbons (Fsp3) is 0.391. The van der Waals surface area contributed by atoms with E-state index in [0.717, 1.165) is 36.4 Å². The third kappa shape index (κ3) is 3.34. The van der Waals surface area contributed by atoms with Crippen LogP contribution in [-0.4, -0.2) is 36.3 Å². The number of hydrogen-bond acceptors (Lipinski definition) is 4. The summed E-state index contributed by atoms with van der Waals surface area (Å²) in [5.74, 6) is 0.398. The van der Waals surface area contributed by atoms with Crippen LogP contribution in [0.3, 0.4) is 0 Å². The van der Waals surface area contributed by atoms with Gasteiger partial charge in [0.05, 0.1) is 17.6 Å². The van der Waals surface area contributed by atoms with E-state index in [1.165, 1.54) is 6.42 Å². The van der Waals surface area contributed by atoms with Crippen LogP contribution in [0.15, 0.2) is 42.5 Å². The topological polar surface area (TPSA) is 64.7 Å². The van der Waals surface area contributed by atoms with Crippen LogP contribution >= 0.6 is 11.6 Å². The van der Waals surface area contributed by atoms with Gasteiger partial charge in [0.25, 0.3) is 5.91 Å². The van der Waals surface area contributed by atoms with Crippen LogP contribution in [-0.2, 0) is 4.79 Å². The molecule has 5 rings (SSSR count). The summed E-state index contributed by atoms with van der Waals surface area (Å²) >= 11 is 5.99. The quantitative estimate of drug-likeness (QED) is 0.768. The first-order chi connectivity index (χ1) is 14.5. The average Bonchev–Trinajstić information content (AvgIpc) is 3.10. The SMILES string of the molecule is CC1CCCN(C(=O)c2ccc3c(c2)C2NN(c4ccc(Cl)cc4)C(=O)C2CN3)C1. The molecule has 156 valence electrons. The average molecular weight is 425 g/mol. The van der Waals surface area contributed by atoms with Crippen LogP contribution in [0.2, 0.25) is 5.02 Å². The van der Waals surface area contributed by atoms with Crippen molar-refractivity contribution in [2.24, 2.45) is 11.8 Å². The molecule has 30 heavy (non-hydrogen) atoms. The van der Waals surface area contributed by atoms with Crippen molar-refractivity contribution in [1.29, 1.82) is 0 Å². The molecule has 0 saturated carbocycles. The molecule has 0 bridgehead atoms. The van der Waals surface area contributed by atoms with Gasteiger partial charge in [-0.1, -0.05) is 18.5 Å². The minimum absolute atomic E-state index is 0.0158. The number of fused-ring (bicyclic) bond motifs is 3. The number of hydrazine groups is 1. The Morgan fingerprint density at radius 1 is 1.17 bits per heavy atom. The third-order valence-electron chi connectivity index (χ3n) is 6.38. The van der Waals surface area contributed by atoms with E-state index in [1.807, 2.05) is 35.2 Å². The first kappa shape index (κ1) is 19.4. The number of carbonyl (C=O) groups excluding carboxylic acids is 2. The van der Waals surface area contributed by atoms with Gasteiger partial charge in [0.2, 0.25) is 5.91 Å². The van der Waals surface area contributed by atoms with Gasteiger partial charge in [0, 0.05) is 35.9 Å². The summed E-state index contributed by atoms with van der Waals surface area (Å²) < 4.78 is 0. The molecule has 3 atom stereocenters. The molecular weight excluding hydrogens is 400 g/mol. The predicted octanol–water partition coefficient (Wildman–Crippen LogP) is 3.85. The summed E-state index contributed by atoms with van der Waals surface area (Å²) in [5.41, 5.74) is 6.74. The number of nitrogens with zero attached hydrogens (tertiary/aromatic N) is 2. The second kappa shape index (κ2) is 7.60. The number of carbonyl (C=O) groups is 2. The number of halogens is 1. The van der Waals surface area contributed by atoms with Crippen molar-refractivity contribution in [3.63, 3.8) is 0 Å². The van der Waals surface area contributed by atoms with E-state index < -0.39 is 0 Å². The molecule has 2 aromatic rings. The third-order valence-corrected chi connectivity index (χ3v) is 6.64. The number of amides is 2. The standard InChI is InChI=1S/C23H25ClN4O2/c1-14-3-2-10-27(13-14)22(29)15-4-9-20-18(11-15)21-19(12-25-20)23(30)28(26-21)17-7-5-16(24)6-8-17/h4-9,11,14,19,21,25-26H,2-3,10,12-13H2,1H3. The van der Waals surface area contributed by atoms with Crippen molar-refractivity contribution in [3.8, 4) is 0 Å². The molecule has 3 aliphatic heterocycles. The number of piperidine rings is 1. The van der Waals surface area contributed by atoms with Crippen molar-refractivity contribution in [2.75, 3.05) is 30.0 Å². The van der Waals surface area contributed by atoms with Gasteiger partial charge in [0.15, 0.2) is 0 Å². The molecule has 2 amide bonds. The highest BCUT2D eigenvalue weighted by atomic mass is 35.5. The zero-order chi connectivity index (χ0) is 20.8. The highest BCUT2D eigenvalue weighted by molar-refractivity contribution is 6.30. The first-order valence-electron chi connectivity index (χ1n) is 10.5. The zero-order valence-electron chi connectivity index (χ0n) is 16.9. The van der Waals surface area contributed by atoms with Gasteiger partial charge in [-0.15, -0.1) is 0 Å². The first-order valence-corrected chi connectivity index (χ1v) is 10.9. The summed E-state index contributed by atoms with van der Waals surface area (Å²) in [5, 5.41) is 5.59. The maximum absolute atomic E-state index is 13.1. The summed E-state index contributed by atoms with van der Waals surface area (Å²) in [4.78, 5) is 28.1. The highest BCUT2D eigenvalue weighted by Gasteiger charge is 2.44. The van der Waals surface area contributed by atoms with Crippen LogP contribution in [0.5, 0.6) is 0 Å². The van der Waals surface area contributed by atoms with Crippen molar-refractivity contribution < 1.29 is 9.59 Å². The lowest BCUT2D eigenvalue weighted by atomic mass is 9.88. The number of benzene rings is 2. The lowest BCUT2D eigenvalue weighted by Gasteiger charge is -2.32. The molecule has 3 aliphatic rings. The Morgan fingerprint density at radius 2 is 1.97 bits per heavy atom. The molecule has 2 aromatic carbocycles. The van der Waals surface area contributed by atoms with Gasteiger partial charge in [-0.25, -0.2) is 10.4 Å². The molecule has 2 N–H and O–H groups in total. The Bertz CT molecular complexity index is 993. The Morgan fingerprint density at radius 3 is 2.73 bits per heavy atom. The number of nitrogens with one attached hydrogen (secondary N) is 2. The minimum Gasteiger partial charge on any atom is -0.384 e. The summed E-state index contributed by atoms with van der Waals surface area (Å²) in [6, 6.07) is 12.8. The monoisotopic (exact) mass is 424 g/mol. The number of anilines is 2. The van der Waals surface area contributed by atoms with E-state index in [9.17, 15) is 9.59 Å². The largest absolute Gasteiger partial charge is 0.384 e. The van der Waals surface area contributed by atoms with Gasteiger partial charge in [0.1, 0.15) is 0 Å². The Hall–Kier alpha value is -2.57. The second-order valence-electron chi connectivity index (χ2n) is 8.54. The Kier molecular flexibility index (Phi) is 4.91. The molecule has 6 nitrogen and oxygen atoms in total. The van der Waals surface area contributed by atoms with Gasteiger partial charge < -0.3 is 10.2 Å². The van der Waals surface area contributed by atoms with Crippen LogP contribution in [0.1, 0.15) is 41.7 Å². The molecule has 3 unspecified atom stereocenters. The lowest BCUT2D eigenvalue weighted by molar-refractivity contribution is -0.120. The van der Waals surface area contributed by atoms with E-state index in [0.29, 0.717) is 23.0 Å². The smallest absolute Gasteiger partial charge is 0.253 e. The molecule has 3 heterocycles. The highest BCUT2D eigenvalue weighted by Crippen LogP contribution is 2.40. The predicted molar refractivity (Wildman–Crippen MR) is 118 cm³/mol. The van der Waals surface area contributed by atoms with Crippen LogP contribution in [0.25, 0.3) is 0 Å². The van der Waals surface area contributed by atoms with Crippen LogP contribution in [0.4, 0.5) is 11.4 Å². The maximum atomic E-state index is 13.1. The fourth-order valence-electron chi connectivity index (χ4n) is 4.77. The van der Waals surface area contributed by atoms with E-state index in [2.05, 4.69) is 17.7 Å². The molecule has 0 spiro atoms. The van der Waals surface area contributed by atoms with E-state index in [-0.39, 0.29) is 23.8 Å². The minimum atomic E-state index is -0.228. The molecule has 0 aromatic heterocycles. The number of hydrogen-bond donors (Lipinski definition) is 2. The maximum Gasteiger partial charge on any atom is 0.253 e. The summed E-state index contributed by atoms with van der Waals surface area (Å²) in [6.07, 6.45) is 2.23. The van der Waals surface area contributed by atoms with E-state index in [4.69, 9.17) is 11.6 Å². The van der Waals surface area contributed by atoms with Crippen molar-refractivity contribution in [3.05, 3.63) is 58.6 Å². The van der Waals surface area contributed by atoms with Crippen molar-refractivity contribution in [1.82, 2.24) is 10.3 Å². The van der Waals surface area contributed by atoms with Crippen LogP contribution in [0, 0.1) is 11.8 Å². The van der Waals surface area contributed by atoms with Gasteiger partial charge in [-0.2, -0.15) is 0 Å². The normalized spacial score (nSPS) is 25.5. The van der Waals surface area contributed by atoms with Gasteiger partial charge in [-0.05, 0) is 66.8 Å². The summed E-state index contributed by atoms with van der Waals surface area (Å²) in [6.45, 7) is 4.37. The number of likely N-dealkylation sites (tertiary alicyclic amines) is 1. The van der Waals surface area contributed by atoms with E-state index in [1.54, 1.807) is 17.1 Å². The van der Waals surface area contributed by atoms with Gasteiger partial charge >= 0.3 is 0 Å². The molecular formula is C23H25ClN4O2. The molecule has 7 heteroatoms. The van der Waals surface area contributed by atoms with Crippen LogP contribution < -0.4 is 15.8 Å². The van der Waals surface area contributed by atoms with Crippen molar-refractivity contribution in [2.45, 2.75) is 25.8 Å². The molecule has 0 aliphatic carbocycles. The molecule has 2 saturated heterocycles. The molecule has 0 radical (unpaired) electrons. The second-order valence-corrected chi connectivity index (χ2v) is 8.98.